The molecule has 1 saturated heterocycles. The van der Waals surface area contributed by atoms with Gasteiger partial charge in [0.1, 0.15) is 0 Å². The van der Waals surface area contributed by atoms with Crippen molar-refractivity contribution in [2.24, 2.45) is 5.92 Å². The summed E-state index contributed by atoms with van der Waals surface area (Å²) in [4.78, 5) is 13.8. The van der Waals surface area contributed by atoms with Crippen LogP contribution in [-0.2, 0) is 19.0 Å². The van der Waals surface area contributed by atoms with Crippen molar-refractivity contribution < 1.29 is 19.0 Å². The lowest BCUT2D eigenvalue weighted by molar-refractivity contribution is -0.147. The molecule has 0 aromatic heterocycles. The van der Waals surface area contributed by atoms with Crippen molar-refractivity contribution >= 4 is 5.97 Å². The van der Waals surface area contributed by atoms with Crippen molar-refractivity contribution in [1.29, 1.82) is 0 Å². The third kappa shape index (κ3) is 4.75. The number of hydrogen-bond acceptors (Lipinski definition) is 5. The fraction of sp³-hybridized carbons (Fsp3) is 0.929. The van der Waals surface area contributed by atoms with Gasteiger partial charge in [0.15, 0.2) is 0 Å². The molecule has 1 aliphatic heterocycles. The zero-order valence-electron chi connectivity index (χ0n) is 11.8. The summed E-state index contributed by atoms with van der Waals surface area (Å²) in [6, 6.07) is 0. The molecule has 2 fully saturated rings. The summed E-state index contributed by atoms with van der Waals surface area (Å²) in [6.07, 6.45) is 4.07. The molecule has 110 valence electrons. The molecule has 0 unspecified atom stereocenters. The molecule has 5 nitrogen and oxygen atoms in total. The van der Waals surface area contributed by atoms with Crippen LogP contribution in [0.4, 0.5) is 0 Å². The van der Waals surface area contributed by atoms with E-state index in [0.717, 1.165) is 65.1 Å². The van der Waals surface area contributed by atoms with Gasteiger partial charge in [0.25, 0.3) is 0 Å². The van der Waals surface area contributed by atoms with Gasteiger partial charge in [0.05, 0.1) is 39.0 Å². The quantitative estimate of drug-likeness (QED) is 0.700. The fourth-order valence-corrected chi connectivity index (χ4v) is 2.81. The van der Waals surface area contributed by atoms with E-state index in [1.165, 1.54) is 7.11 Å². The van der Waals surface area contributed by atoms with Crippen LogP contribution in [0.25, 0.3) is 0 Å². The molecule has 0 aromatic rings. The summed E-state index contributed by atoms with van der Waals surface area (Å²) in [6.45, 7) is 5.47. The molecule has 0 atom stereocenters. The predicted molar refractivity (Wildman–Crippen MR) is 71.0 cm³/mol. The van der Waals surface area contributed by atoms with Gasteiger partial charge in [-0.05, 0) is 25.7 Å². The molecule has 0 spiro atoms. The van der Waals surface area contributed by atoms with E-state index in [-0.39, 0.29) is 11.9 Å². The van der Waals surface area contributed by atoms with E-state index in [9.17, 15) is 4.79 Å². The third-order valence-corrected chi connectivity index (χ3v) is 4.07. The molecular weight excluding hydrogens is 246 g/mol. The third-order valence-electron chi connectivity index (χ3n) is 4.07. The molecule has 0 radical (unpaired) electrons. The minimum atomic E-state index is -0.0632. The Morgan fingerprint density at radius 1 is 1.21 bits per heavy atom. The molecule has 0 bridgehead atoms. The molecule has 0 aromatic carbocycles. The number of hydrogen-bond donors (Lipinski definition) is 0. The summed E-state index contributed by atoms with van der Waals surface area (Å²) in [5, 5.41) is 0. The molecule has 1 heterocycles. The predicted octanol–water partition coefficient (Wildman–Crippen LogP) is 1.07. The van der Waals surface area contributed by atoms with Gasteiger partial charge in [-0.25, -0.2) is 0 Å². The molecule has 2 rings (SSSR count). The summed E-state index contributed by atoms with van der Waals surface area (Å²) >= 11 is 0. The standard InChI is InChI=1S/C14H25NO4/c1-17-14(16)12-2-4-13(5-3-12)19-11-8-15-6-9-18-10-7-15/h12-13H,2-11H2,1H3. The van der Waals surface area contributed by atoms with Crippen molar-refractivity contribution in [3.05, 3.63) is 0 Å². The van der Waals surface area contributed by atoms with E-state index < -0.39 is 0 Å². The van der Waals surface area contributed by atoms with Crippen molar-refractivity contribution in [3.8, 4) is 0 Å². The summed E-state index contributed by atoms with van der Waals surface area (Å²) in [5.41, 5.74) is 0. The number of rotatable bonds is 5. The Labute approximate surface area is 115 Å². The summed E-state index contributed by atoms with van der Waals surface area (Å²) < 4.78 is 16.0. The van der Waals surface area contributed by atoms with Crippen molar-refractivity contribution in [3.63, 3.8) is 0 Å². The molecule has 0 N–H and O–H groups in total. The van der Waals surface area contributed by atoms with Crippen molar-refractivity contribution in [1.82, 2.24) is 4.90 Å². The van der Waals surface area contributed by atoms with Gasteiger partial charge in [-0.2, -0.15) is 0 Å². The average Bonchev–Trinajstić information content (AvgIpc) is 2.48. The highest BCUT2D eigenvalue weighted by atomic mass is 16.5. The van der Waals surface area contributed by atoms with E-state index in [0.29, 0.717) is 6.10 Å². The lowest BCUT2D eigenvalue weighted by Crippen LogP contribution is -2.39. The van der Waals surface area contributed by atoms with Crippen LogP contribution >= 0.6 is 0 Å². The van der Waals surface area contributed by atoms with E-state index in [2.05, 4.69) is 4.90 Å². The Kier molecular flexibility index (Phi) is 6.07. The summed E-state index contributed by atoms with van der Waals surface area (Å²) in [5.74, 6) is 0.0239. The highest BCUT2D eigenvalue weighted by Gasteiger charge is 2.27. The van der Waals surface area contributed by atoms with Gasteiger partial charge in [-0.3, -0.25) is 9.69 Å². The van der Waals surface area contributed by atoms with E-state index >= 15 is 0 Å². The first-order chi connectivity index (χ1) is 9.29. The Balaban J connectivity index is 1.56. The minimum absolute atomic E-state index is 0.0632. The maximum absolute atomic E-state index is 11.4. The van der Waals surface area contributed by atoms with Gasteiger partial charge >= 0.3 is 5.97 Å². The van der Waals surface area contributed by atoms with Crippen LogP contribution in [0.3, 0.4) is 0 Å². The number of carbonyl (C=O) groups excluding carboxylic acids is 1. The average molecular weight is 271 g/mol. The zero-order chi connectivity index (χ0) is 13.5. The Bertz CT molecular complexity index is 271. The number of nitrogens with zero attached hydrogens (tertiary/aromatic N) is 1. The van der Waals surface area contributed by atoms with Gasteiger partial charge in [0.2, 0.25) is 0 Å². The molecule has 19 heavy (non-hydrogen) atoms. The largest absolute Gasteiger partial charge is 0.469 e. The Morgan fingerprint density at radius 3 is 2.53 bits per heavy atom. The first-order valence-corrected chi connectivity index (χ1v) is 7.29. The highest BCUT2D eigenvalue weighted by molar-refractivity contribution is 5.72. The van der Waals surface area contributed by atoms with Crippen LogP contribution in [0.5, 0.6) is 0 Å². The molecule has 1 saturated carbocycles. The number of ether oxygens (including phenoxy) is 3. The maximum atomic E-state index is 11.4. The van der Waals surface area contributed by atoms with Crippen LogP contribution in [0, 0.1) is 5.92 Å². The highest BCUT2D eigenvalue weighted by Crippen LogP contribution is 2.26. The van der Waals surface area contributed by atoms with Crippen molar-refractivity contribution in [2.45, 2.75) is 31.8 Å². The van der Waals surface area contributed by atoms with Crippen LogP contribution in [0.2, 0.25) is 0 Å². The summed E-state index contributed by atoms with van der Waals surface area (Å²) in [7, 11) is 1.47. The molecule has 1 aliphatic carbocycles. The molecular formula is C14H25NO4. The first-order valence-electron chi connectivity index (χ1n) is 7.29. The topological polar surface area (TPSA) is 48.0 Å². The second kappa shape index (κ2) is 7.82. The first kappa shape index (κ1) is 14.8. The lowest BCUT2D eigenvalue weighted by Gasteiger charge is -2.29. The van der Waals surface area contributed by atoms with Crippen LogP contribution in [0.1, 0.15) is 25.7 Å². The van der Waals surface area contributed by atoms with Crippen LogP contribution in [0.15, 0.2) is 0 Å². The Morgan fingerprint density at radius 2 is 1.89 bits per heavy atom. The van der Waals surface area contributed by atoms with Crippen LogP contribution in [-0.4, -0.2) is 63.5 Å². The van der Waals surface area contributed by atoms with E-state index in [1.807, 2.05) is 0 Å². The van der Waals surface area contributed by atoms with Gasteiger partial charge in [0, 0.05) is 19.6 Å². The van der Waals surface area contributed by atoms with E-state index in [1.54, 1.807) is 0 Å². The number of carbonyl (C=O) groups is 1. The molecule has 5 heteroatoms. The smallest absolute Gasteiger partial charge is 0.308 e. The Hall–Kier alpha value is -0.650. The zero-order valence-corrected chi connectivity index (χ0v) is 11.8. The number of esters is 1. The number of morpholine rings is 1. The van der Waals surface area contributed by atoms with Crippen LogP contribution < -0.4 is 0 Å². The minimum Gasteiger partial charge on any atom is -0.469 e. The van der Waals surface area contributed by atoms with E-state index in [4.69, 9.17) is 14.2 Å². The second-order valence-corrected chi connectivity index (χ2v) is 5.32. The lowest BCUT2D eigenvalue weighted by atomic mass is 9.87. The molecule has 0 amide bonds. The SMILES string of the molecule is COC(=O)C1CCC(OCCN2CCOCC2)CC1. The normalized spacial score (nSPS) is 29.1. The number of methoxy groups -OCH3 is 1. The van der Waals surface area contributed by atoms with Gasteiger partial charge < -0.3 is 14.2 Å². The monoisotopic (exact) mass is 271 g/mol. The van der Waals surface area contributed by atoms with Gasteiger partial charge in [-0.15, -0.1) is 0 Å². The maximum Gasteiger partial charge on any atom is 0.308 e. The van der Waals surface area contributed by atoms with Gasteiger partial charge in [-0.1, -0.05) is 0 Å². The second-order valence-electron chi connectivity index (χ2n) is 5.32. The molecule has 2 aliphatic rings. The van der Waals surface area contributed by atoms with Crippen molar-refractivity contribution in [2.75, 3.05) is 46.6 Å². The fourth-order valence-electron chi connectivity index (χ4n) is 2.81.